The van der Waals surface area contributed by atoms with Crippen LogP contribution in [0.1, 0.15) is 60.3 Å². The molecule has 1 aliphatic carbocycles. The average Bonchev–Trinajstić information content (AvgIpc) is 2.99. The summed E-state index contributed by atoms with van der Waals surface area (Å²) in [5, 5.41) is 9.45. The summed E-state index contributed by atoms with van der Waals surface area (Å²) in [6, 6.07) is 7.92. The quantitative estimate of drug-likeness (QED) is 0.848. The smallest absolute Gasteiger partial charge is 0.356 e. The van der Waals surface area contributed by atoms with Crippen molar-refractivity contribution in [2.45, 2.75) is 51.9 Å². The van der Waals surface area contributed by atoms with Crippen LogP contribution >= 0.6 is 0 Å². The molecule has 1 aromatic carbocycles. The molecule has 122 valence electrons. The van der Waals surface area contributed by atoms with Gasteiger partial charge in [-0.25, -0.2) is 9.78 Å². The molecule has 0 saturated heterocycles. The first-order chi connectivity index (χ1) is 11.1. The van der Waals surface area contributed by atoms with Gasteiger partial charge in [-0.1, -0.05) is 56.4 Å². The normalized spacial score (nSPS) is 15.7. The van der Waals surface area contributed by atoms with Crippen molar-refractivity contribution in [3.63, 3.8) is 0 Å². The van der Waals surface area contributed by atoms with Crippen LogP contribution in [-0.4, -0.2) is 21.0 Å². The zero-order valence-corrected chi connectivity index (χ0v) is 13.6. The molecule has 4 heteroatoms. The number of imidazole rings is 1. The molecule has 0 spiro atoms. The largest absolute Gasteiger partial charge is 0.476 e. The maximum atomic E-state index is 11.5. The first-order valence-electron chi connectivity index (χ1n) is 8.53. The van der Waals surface area contributed by atoms with Gasteiger partial charge in [0, 0.05) is 11.3 Å². The minimum atomic E-state index is -0.945. The predicted molar refractivity (Wildman–Crippen MR) is 90.6 cm³/mol. The first-order valence-corrected chi connectivity index (χ1v) is 8.53. The van der Waals surface area contributed by atoms with E-state index in [1.807, 2.05) is 31.2 Å². The fourth-order valence-corrected chi connectivity index (χ4v) is 3.56. The summed E-state index contributed by atoms with van der Waals surface area (Å²) in [5.74, 6) is 0.453. The van der Waals surface area contributed by atoms with Crippen molar-refractivity contribution in [2.75, 3.05) is 0 Å². The molecule has 0 aliphatic heterocycles. The minimum Gasteiger partial charge on any atom is -0.476 e. The van der Waals surface area contributed by atoms with Crippen LogP contribution < -0.4 is 0 Å². The number of hydrogen-bond acceptors (Lipinski definition) is 2. The number of hydrogen-bond donors (Lipinski definition) is 2. The lowest BCUT2D eigenvalue weighted by Gasteiger charge is -2.21. The van der Waals surface area contributed by atoms with E-state index in [-0.39, 0.29) is 5.69 Å². The number of aryl methyl sites for hydroxylation is 2. The Morgan fingerprint density at radius 2 is 2.00 bits per heavy atom. The molecule has 3 rings (SSSR count). The summed E-state index contributed by atoms with van der Waals surface area (Å²) in [4.78, 5) is 19.1. The molecule has 1 heterocycles. The molecular weight excluding hydrogens is 288 g/mol. The molecule has 2 N–H and O–H groups in total. The Morgan fingerprint density at radius 1 is 1.26 bits per heavy atom. The maximum absolute atomic E-state index is 11.5. The van der Waals surface area contributed by atoms with Crippen LogP contribution in [-0.2, 0) is 6.42 Å². The van der Waals surface area contributed by atoms with Gasteiger partial charge in [0.25, 0.3) is 0 Å². The number of rotatable bonds is 5. The number of nitrogens with one attached hydrogen (secondary N) is 1. The molecule has 0 bridgehead atoms. The van der Waals surface area contributed by atoms with Crippen molar-refractivity contribution in [3.8, 4) is 11.4 Å². The van der Waals surface area contributed by atoms with Crippen LogP contribution in [0, 0.1) is 12.8 Å². The van der Waals surface area contributed by atoms with Gasteiger partial charge in [-0.2, -0.15) is 0 Å². The molecule has 0 unspecified atom stereocenters. The third-order valence-corrected chi connectivity index (χ3v) is 4.91. The number of H-pyrrole nitrogens is 1. The molecule has 1 saturated carbocycles. The molecule has 1 fully saturated rings. The van der Waals surface area contributed by atoms with Gasteiger partial charge < -0.3 is 10.1 Å². The summed E-state index contributed by atoms with van der Waals surface area (Å²) >= 11 is 0. The van der Waals surface area contributed by atoms with Gasteiger partial charge in [-0.15, -0.1) is 0 Å². The van der Waals surface area contributed by atoms with Gasteiger partial charge in [0.15, 0.2) is 5.69 Å². The third kappa shape index (κ3) is 3.63. The second kappa shape index (κ2) is 6.99. The van der Waals surface area contributed by atoms with Crippen molar-refractivity contribution in [1.82, 2.24) is 9.97 Å². The van der Waals surface area contributed by atoms with Crippen LogP contribution in [0.25, 0.3) is 11.4 Å². The maximum Gasteiger partial charge on any atom is 0.356 e. The van der Waals surface area contributed by atoms with Crippen molar-refractivity contribution in [2.24, 2.45) is 5.92 Å². The molecule has 4 nitrogen and oxygen atoms in total. The summed E-state index contributed by atoms with van der Waals surface area (Å²) < 4.78 is 0. The van der Waals surface area contributed by atoms with Gasteiger partial charge in [-0.05, 0) is 31.2 Å². The Balaban J connectivity index is 1.81. The van der Waals surface area contributed by atoms with Crippen LogP contribution in [0.4, 0.5) is 0 Å². The summed E-state index contributed by atoms with van der Waals surface area (Å²) in [6.07, 6.45) is 8.35. The number of benzene rings is 1. The van der Waals surface area contributed by atoms with Crippen LogP contribution in [0.2, 0.25) is 0 Å². The Bertz CT molecular complexity index is 684. The van der Waals surface area contributed by atoms with Gasteiger partial charge in [-0.3, -0.25) is 0 Å². The monoisotopic (exact) mass is 312 g/mol. The number of carboxylic acid groups (broad SMARTS) is 1. The van der Waals surface area contributed by atoms with E-state index >= 15 is 0 Å². The number of carboxylic acids is 1. The fourth-order valence-electron chi connectivity index (χ4n) is 3.56. The summed E-state index contributed by atoms with van der Waals surface area (Å²) in [7, 11) is 0. The van der Waals surface area contributed by atoms with E-state index in [4.69, 9.17) is 0 Å². The highest BCUT2D eigenvalue weighted by Gasteiger charge is 2.20. The van der Waals surface area contributed by atoms with Crippen LogP contribution in [0.15, 0.2) is 24.3 Å². The minimum absolute atomic E-state index is 0.180. The van der Waals surface area contributed by atoms with E-state index < -0.39 is 5.97 Å². The van der Waals surface area contributed by atoms with Crippen LogP contribution in [0.3, 0.4) is 0 Å². The van der Waals surface area contributed by atoms with E-state index in [0.29, 0.717) is 5.82 Å². The standard InChI is InChI=1S/C19H24N2O2/c1-13-7-5-6-10-15(13)18-20-16(17(21-18)19(22)23)12-11-14-8-3-2-4-9-14/h5-7,10,14H,2-4,8-9,11-12H2,1H3,(H,20,21)(H,22,23). The van der Waals surface area contributed by atoms with E-state index in [9.17, 15) is 9.90 Å². The lowest BCUT2D eigenvalue weighted by molar-refractivity contribution is 0.0689. The van der Waals surface area contributed by atoms with E-state index in [2.05, 4.69) is 9.97 Å². The van der Waals surface area contributed by atoms with E-state index in [0.717, 1.165) is 35.6 Å². The van der Waals surface area contributed by atoms with Gasteiger partial charge >= 0.3 is 5.97 Å². The molecule has 23 heavy (non-hydrogen) atoms. The lowest BCUT2D eigenvalue weighted by Crippen LogP contribution is -2.09. The van der Waals surface area contributed by atoms with Crippen molar-refractivity contribution >= 4 is 5.97 Å². The van der Waals surface area contributed by atoms with Gasteiger partial charge in [0.2, 0.25) is 0 Å². The second-order valence-corrected chi connectivity index (χ2v) is 6.58. The topological polar surface area (TPSA) is 66.0 Å². The highest BCUT2D eigenvalue weighted by molar-refractivity contribution is 5.87. The number of aromatic amines is 1. The highest BCUT2D eigenvalue weighted by atomic mass is 16.4. The Hall–Kier alpha value is -2.10. The Morgan fingerprint density at radius 3 is 2.70 bits per heavy atom. The van der Waals surface area contributed by atoms with E-state index in [1.165, 1.54) is 32.1 Å². The predicted octanol–water partition coefficient (Wildman–Crippen LogP) is 4.60. The van der Waals surface area contributed by atoms with Gasteiger partial charge in [0.1, 0.15) is 5.82 Å². The fraction of sp³-hybridized carbons (Fsp3) is 0.474. The zero-order valence-electron chi connectivity index (χ0n) is 13.6. The lowest BCUT2D eigenvalue weighted by atomic mass is 9.85. The molecule has 0 radical (unpaired) electrons. The second-order valence-electron chi connectivity index (χ2n) is 6.58. The highest BCUT2D eigenvalue weighted by Crippen LogP contribution is 2.29. The zero-order chi connectivity index (χ0) is 16.2. The number of carbonyl (C=O) groups is 1. The van der Waals surface area contributed by atoms with Crippen molar-refractivity contribution in [3.05, 3.63) is 41.2 Å². The first kappa shape index (κ1) is 15.8. The number of aromatic carboxylic acids is 1. The molecule has 1 aliphatic rings. The molecule has 2 aromatic rings. The summed E-state index contributed by atoms with van der Waals surface area (Å²) in [6.45, 7) is 2.01. The Kier molecular flexibility index (Phi) is 4.79. The van der Waals surface area contributed by atoms with Crippen molar-refractivity contribution < 1.29 is 9.90 Å². The average molecular weight is 312 g/mol. The summed E-state index contributed by atoms with van der Waals surface area (Å²) in [5.41, 5.74) is 3.01. The van der Waals surface area contributed by atoms with E-state index in [1.54, 1.807) is 0 Å². The van der Waals surface area contributed by atoms with Gasteiger partial charge in [0.05, 0.1) is 0 Å². The van der Waals surface area contributed by atoms with Crippen LogP contribution in [0.5, 0.6) is 0 Å². The Labute approximate surface area is 137 Å². The third-order valence-electron chi connectivity index (χ3n) is 4.91. The van der Waals surface area contributed by atoms with Crippen molar-refractivity contribution in [1.29, 1.82) is 0 Å². The molecular formula is C19H24N2O2. The molecule has 0 atom stereocenters. The molecule has 1 aromatic heterocycles. The number of nitrogens with zero attached hydrogens (tertiary/aromatic N) is 1. The number of aromatic nitrogens is 2. The SMILES string of the molecule is Cc1ccccc1-c1nc(C(=O)O)c(CCC2CCCCC2)[nH]1. The molecule has 0 amide bonds.